The summed E-state index contributed by atoms with van der Waals surface area (Å²) in [5.74, 6) is 0.0571. The first-order chi connectivity index (χ1) is 8.16. The average molecular weight is 302 g/mol. The average Bonchev–Trinajstić information content (AvgIpc) is 2.48. The largest absolute Gasteiger partial charge is 0.479 e. The van der Waals surface area contributed by atoms with E-state index in [2.05, 4.69) is 21.2 Å². The minimum absolute atomic E-state index is 0.0984. The maximum atomic E-state index is 12.9. The zero-order valence-electron chi connectivity index (χ0n) is 9.21. The molecule has 0 aromatic heterocycles. The van der Waals surface area contributed by atoms with Gasteiger partial charge >= 0.3 is 0 Å². The molecule has 5 heteroatoms. The Bertz CT molecular complexity index is 425. The van der Waals surface area contributed by atoms with E-state index in [4.69, 9.17) is 4.74 Å². The highest BCUT2D eigenvalue weighted by molar-refractivity contribution is 9.10. The monoisotopic (exact) mass is 301 g/mol. The van der Waals surface area contributed by atoms with E-state index in [0.29, 0.717) is 23.2 Å². The van der Waals surface area contributed by atoms with Gasteiger partial charge in [0, 0.05) is 6.54 Å². The van der Waals surface area contributed by atoms with Crippen LogP contribution in [0.15, 0.2) is 22.7 Å². The second kappa shape index (κ2) is 5.49. The molecule has 1 fully saturated rings. The van der Waals surface area contributed by atoms with Crippen LogP contribution in [-0.2, 0) is 4.79 Å². The van der Waals surface area contributed by atoms with E-state index in [1.54, 1.807) is 0 Å². The number of ether oxygens (including phenoxy) is 1. The number of benzene rings is 1. The van der Waals surface area contributed by atoms with Gasteiger partial charge in [-0.2, -0.15) is 0 Å². The van der Waals surface area contributed by atoms with Crippen molar-refractivity contribution < 1.29 is 13.9 Å². The van der Waals surface area contributed by atoms with Crippen LogP contribution in [-0.4, -0.2) is 18.6 Å². The second-order valence-corrected chi connectivity index (χ2v) is 4.82. The molecule has 3 nitrogen and oxygen atoms in total. The number of amides is 1. The lowest BCUT2D eigenvalue weighted by atomic mass is 10.2. The van der Waals surface area contributed by atoms with Crippen molar-refractivity contribution >= 4 is 21.8 Å². The molecule has 1 aromatic rings. The molecule has 1 amide bonds. The summed E-state index contributed by atoms with van der Waals surface area (Å²) in [6.07, 6.45) is 2.12. The van der Waals surface area contributed by atoms with E-state index >= 15 is 0 Å². The highest BCUT2D eigenvalue weighted by Gasteiger charge is 2.23. The number of nitrogens with one attached hydrogen (secondary N) is 1. The maximum Gasteiger partial charge on any atom is 0.261 e. The summed E-state index contributed by atoms with van der Waals surface area (Å²) >= 11 is 3.22. The van der Waals surface area contributed by atoms with E-state index in [9.17, 15) is 9.18 Å². The van der Waals surface area contributed by atoms with Crippen molar-refractivity contribution in [3.05, 3.63) is 28.5 Å². The predicted molar refractivity (Wildman–Crippen MR) is 65.4 cm³/mol. The third kappa shape index (κ3) is 3.19. The molecular formula is C12H13BrFNO2. The van der Waals surface area contributed by atoms with Crippen LogP contribution in [0.1, 0.15) is 19.3 Å². The summed E-state index contributed by atoms with van der Waals surface area (Å²) in [7, 11) is 0. The lowest BCUT2D eigenvalue weighted by molar-refractivity contribution is -0.127. The molecule has 92 valence electrons. The smallest absolute Gasteiger partial charge is 0.261 e. The van der Waals surface area contributed by atoms with Crippen LogP contribution in [0, 0.1) is 5.82 Å². The van der Waals surface area contributed by atoms with Crippen molar-refractivity contribution in [1.82, 2.24) is 5.32 Å². The van der Waals surface area contributed by atoms with Crippen LogP contribution >= 0.6 is 15.9 Å². The van der Waals surface area contributed by atoms with Gasteiger partial charge in [-0.05, 0) is 53.4 Å². The van der Waals surface area contributed by atoms with Crippen LogP contribution in [0.2, 0.25) is 0 Å². The quantitative estimate of drug-likeness (QED) is 0.912. The van der Waals surface area contributed by atoms with Crippen molar-refractivity contribution in [2.45, 2.75) is 25.4 Å². The van der Waals surface area contributed by atoms with Gasteiger partial charge in [0.1, 0.15) is 11.6 Å². The summed E-state index contributed by atoms with van der Waals surface area (Å²) in [6, 6.07) is 4.16. The summed E-state index contributed by atoms with van der Waals surface area (Å²) < 4.78 is 19.0. The van der Waals surface area contributed by atoms with Gasteiger partial charge in [0.2, 0.25) is 0 Å². The van der Waals surface area contributed by atoms with Crippen molar-refractivity contribution in [2.24, 2.45) is 0 Å². The van der Waals surface area contributed by atoms with Gasteiger partial charge in [0.05, 0.1) is 4.47 Å². The molecule has 1 aliphatic rings. The Hall–Kier alpha value is -1.10. The fraction of sp³-hybridized carbons (Fsp3) is 0.417. The topological polar surface area (TPSA) is 38.3 Å². The Morgan fingerprint density at radius 1 is 1.41 bits per heavy atom. The SMILES string of the molecule is O=C1NCCCCC1Oc1ccc(F)cc1Br. The standard InChI is InChI=1S/C12H13BrFNO2/c13-9-7-8(14)4-5-10(9)17-11-3-1-2-6-15-12(11)16/h4-5,7,11H,1-3,6H2,(H,15,16). The van der Waals surface area contributed by atoms with Gasteiger partial charge in [-0.25, -0.2) is 4.39 Å². The fourth-order valence-corrected chi connectivity index (χ4v) is 2.19. The highest BCUT2D eigenvalue weighted by Crippen LogP contribution is 2.27. The Labute approximate surface area is 107 Å². The molecule has 1 unspecified atom stereocenters. The zero-order valence-corrected chi connectivity index (χ0v) is 10.8. The molecule has 1 aliphatic heterocycles. The Morgan fingerprint density at radius 3 is 3.00 bits per heavy atom. The molecule has 1 saturated heterocycles. The van der Waals surface area contributed by atoms with Gasteiger partial charge in [0.25, 0.3) is 5.91 Å². The van der Waals surface area contributed by atoms with Gasteiger partial charge in [-0.15, -0.1) is 0 Å². The molecule has 17 heavy (non-hydrogen) atoms. The molecule has 0 saturated carbocycles. The molecule has 0 bridgehead atoms. The summed E-state index contributed by atoms with van der Waals surface area (Å²) in [5.41, 5.74) is 0. The fourth-order valence-electron chi connectivity index (χ4n) is 1.75. The van der Waals surface area contributed by atoms with Crippen LogP contribution in [0.5, 0.6) is 5.75 Å². The first-order valence-electron chi connectivity index (χ1n) is 5.56. The van der Waals surface area contributed by atoms with Crippen molar-refractivity contribution in [3.8, 4) is 5.75 Å². The molecule has 1 atom stereocenters. The van der Waals surface area contributed by atoms with Crippen molar-refractivity contribution in [1.29, 1.82) is 0 Å². The normalized spacial score (nSPS) is 20.6. The lowest BCUT2D eigenvalue weighted by Gasteiger charge is -2.16. The number of carbonyl (C=O) groups is 1. The van der Waals surface area contributed by atoms with Gasteiger partial charge in [-0.3, -0.25) is 4.79 Å². The number of rotatable bonds is 2. The molecule has 2 rings (SSSR count). The minimum Gasteiger partial charge on any atom is -0.479 e. The lowest BCUT2D eigenvalue weighted by Crippen LogP contribution is -2.36. The molecule has 0 radical (unpaired) electrons. The highest BCUT2D eigenvalue weighted by atomic mass is 79.9. The van der Waals surface area contributed by atoms with Crippen molar-refractivity contribution in [3.63, 3.8) is 0 Å². The Balaban J connectivity index is 2.10. The molecule has 1 N–H and O–H groups in total. The number of carbonyl (C=O) groups excluding carboxylic acids is 1. The molecule has 1 aromatic carbocycles. The van der Waals surface area contributed by atoms with E-state index in [-0.39, 0.29) is 11.7 Å². The molecule has 1 heterocycles. The minimum atomic E-state index is -0.487. The predicted octanol–water partition coefficient (Wildman–Crippen LogP) is 2.64. The Kier molecular flexibility index (Phi) is 3.99. The van der Waals surface area contributed by atoms with Crippen molar-refractivity contribution in [2.75, 3.05) is 6.54 Å². The number of hydrogen-bond acceptors (Lipinski definition) is 2. The van der Waals surface area contributed by atoms with Gasteiger partial charge in [0.15, 0.2) is 6.10 Å². The molecule has 0 spiro atoms. The van der Waals surface area contributed by atoms with Crippen LogP contribution < -0.4 is 10.1 Å². The third-order valence-corrected chi connectivity index (χ3v) is 3.27. The summed E-state index contributed by atoms with van der Waals surface area (Å²) in [6.45, 7) is 0.698. The Morgan fingerprint density at radius 2 is 2.24 bits per heavy atom. The number of halogens is 2. The van der Waals surface area contributed by atoms with E-state index < -0.39 is 6.10 Å². The third-order valence-electron chi connectivity index (χ3n) is 2.65. The van der Waals surface area contributed by atoms with E-state index in [1.807, 2.05) is 0 Å². The summed E-state index contributed by atoms with van der Waals surface area (Å²) in [4.78, 5) is 11.7. The maximum absolute atomic E-state index is 12.9. The van der Waals surface area contributed by atoms with Gasteiger partial charge < -0.3 is 10.1 Å². The van der Waals surface area contributed by atoms with Crippen LogP contribution in [0.4, 0.5) is 4.39 Å². The molecular weight excluding hydrogens is 289 g/mol. The van der Waals surface area contributed by atoms with Crippen LogP contribution in [0.25, 0.3) is 0 Å². The van der Waals surface area contributed by atoms with E-state index in [0.717, 1.165) is 12.8 Å². The molecule has 0 aliphatic carbocycles. The number of hydrogen-bond donors (Lipinski definition) is 1. The first kappa shape index (κ1) is 12.4. The second-order valence-electron chi connectivity index (χ2n) is 3.97. The van der Waals surface area contributed by atoms with Gasteiger partial charge in [-0.1, -0.05) is 0 Å². The zero-order chi connectivity index (χ0) is 12.3. The van der Waals surface area contributed by atoms with E-state index in [1.165, 1.54) is 18.2 Å². The van der Waals surface area contributed by atoms with Crippen LogP contribution in [0.3, 0.4) is 0 Å². The summed E-state index contributed by atoms with van der Waals surface area (Å²) in [5, 5.41) is 2.79. The first-order valence-corrected chi connectivity index (χ1v) is 6.35.